The minimum atomic E-state index is -3.83. The first kappa shape index (κ1) is 20.5. The van der Waals surface area contributed by atoms with E-state index in [1.54, 1.807) is 65.0 Å². The van der Waals surface area contributed by atoms with Gasteiger partial charge >= 0.3 is 0 Å². The highest BCUT2D eigenvalue weighted by Gasteiger charge is 2.36. The van der Waals surface area contributed by atoms with Gasteiger partial charge in [0, 0.05) is 17.4 Å². The van der Waals surface area contributed by atoms with Crippen molar-refractivity contribution in [1.82, 2.24) is 18.9 Å². The van der Waals surface area contributed by atoms with Gasteiger partial charge in [-0.25, -0.2) is 26.6 Å². The molecule has 4 aromatic rings. The summed E-state index contributed by atoms with van der Waals surface area (Å²) >= 11 is 6.04. The molecule has 0 amide bonds. The molecule has 0 spiro atoms. The van der Waals surface area contributed by atoms with Crippen molar-refractivity contribution in [3.63, 3.8) is 0 Å². The fraction of sp³-hybridized carbons (Fsp3) is 0.0909. The van der Waals surface area contributed by atoms with Gasteiger partial charge in [0.15, 0.2) is 5.65 Å². The minimum absolute atomic E-state index is 0.00967. The lowest BCUT2D eigenvalue weighted by atomic mass is 10.1. The van der Waals surface area contributed by atoms with E-state index in [0.29, 0.717) is 22.7 Å². The van der Waals surface area contributed by atoms with Crippen LogP contribution in [0.15, 0.2) is 83.8 Å². The van der Waals surface area contributed by atoms with Crippen LogP contribution in [-0.2, 0) is 10.0 Å². The van der Waals surface area contributed by atoms with Crippen LogP contribution in [0.3, 0.4) is 0 Å². The van der Waals surface area contributed by atoms with E-state index in [9.17, 15) is 12.8 Å². The van der Waals surface area contributed by atoms with E-state index in [0.717, 1.165) is 5.56 Å². The van der Waals surface area contributed by atoms with E-state index in [-0.39, 0.29) is 16.6 Å². The summed E-state index contributed by atoms with van der Waals surface area (Å²) in [6, 6.07) is 16.2. The van der Waals surface area contributed by atoms with Crippen LogP contribution in [0.4, 0.5) is 10.1 Å². The van der Waals surface area contributed by atoms with Gasteiger partial charge in [-0.2, -0.15) is 5.10 Å². The van der Waals surface area contributed by atoms with Crippen LogP contribution in [-0.4, -0.2) is 34.0 Å². The van der Waals surface area contributed by atoms with Crippen LogP contribution in [0.1, 0.15) is 12.5 Å². The second-order valence-corrected chi connectivity index (χ2v) is 9.52. The van der Waals surface area contributed by atoms with E-state index >= 15 is 0 Å². The Morgan fingerprint density at radius 1 is 1.06 bits per heavy atom. The van der Waals surface area contributed by atoms with Gasteiger partial charge in [-0.05, 0) is 49.4 Å². The summed E-state index contributed by atoms with van der Waals surface area (Å²) in [7, 11) is -3.83. The second kappa shape index (κ2) is 7.61. The number of anilines is 1. The lowest BCUT2D eigenvalue weighted by molar-refractivity contribution is 0.500. The number of hydrogen-bond acceptors (Lipinski definition) is 5. The molecule has 0 bridgehead atoms. The van der Waals surface area contributed by atoms with Crippen LogP contribution in [0.5, 0.6) is 0 Å². The van der Waals surface area contributed by atoms with Gasteiger partial charge in [-0.1, -0.05) is 29.8 Å². The highest BCUT2D eigenvalue weighted by atomic mass is 35.5. The maximum Gasteiger partial charge on any atom is 0.265 e. The first-order valence-corrected chi connectivity index (χ1v) is 11.5. The van der Waals surface area contributed by atoms with Crippen molar-refractivity contribution in [2.24, 2.45) is 0 Å². The molecule has 0 unspecified atom stereocenters. The maximum absolute atomic E-state index is 13.8. The summed E-state index contributed by atoms with van der Waals surface area (Å²) in [6.07, 6.45) is 3.22. The van der Waals surface area contributed by atoms with Gasteiger partial charge in [0.05, 0.1) is 21.3 Å². The average Bonchev–Trinajstić information content (AvgIpc) is 3.40. The summed E-state index contributed by atoms with van der Waals surface area (Å²) in [5.41, 5.74) is 3.12. The van der Waals surface area contributed by atoms with Crippen LogP contribution < -0.4 is 4.90 Å². The smallest absolute Gasteiger partial charge is 0.265 e. The molecule has 0 aliphatic carbocycles. The highest BCUT2D eigenvalue weighted by Crippen LogP contribution is 2.39. The SMILES string of the molecule is CC1=C(c2ccc3ncnn3c2)N(c2ccc(F)c(Cl)c2)CN1S(=O)(=O)c1ccccc1. The highest BCUT2D eigenvalue weighted by molar-refractivity contribution is 7.89. The van der Waals surface area contributed by atoms with Gasteiger partial charge in [0.1, 0.15) is 18.8 Å². The normalized spacial score (nSPS) is 14.6. The van der Waals surface area contributed by atoms with Crippen LogP contribution in [0.2, 0.25) is 5.02 Å². The van der Waals surface area contributed by atoms with E-state index in [1.165, 1.54) is 22.8 Å². The predicted molar refractivity (Wildman–Crippen MR) is 120 cm³/mol. The van der Waals surface area contributed by atoms with Gasteiger partial charge in [-0.15, -0.1) is 0 Å². The molecule has 10 heteroatoms. The third-order valence-electron chi connectivity index (χ3n) is 5.35. The zero-order chi connectivity index (χ0) is 22.5. The fourth-order valence-corrected chi connectivity index (χ4v) is 5.42. The van der Waals surface area contributed by atoms with Gasteiger partial charge < -0.3 is 4.90 Å². The molecule has 32 heavy (non-hydrogen) atoms. The van der Waals surface area contributed by atoms with Crippen LogP contribution in [0, 0.1) is 5.82 Å². The number of benzene rings is 2. The molecule has 0 N–H and O–H groups in total. The number of nitrogens with zero attached hydrogens (tertiary/aromatic N) is 5. The zero-order valence-electron chi connectivity index (χ0n) is 16.9. The van der Waals surface area contributed by atoms with Crippen molar-refractivity contribution in [2.75, 3.05) is 11.6 Å². The van der Waals surface area contributed by atoms with Crippen molar-refractivity contribution < 1.29 is 12.8 Å². The molecule has 7 nitrogen and oxygen atoms in total. The van der Waals surface area contributed by atoms with Crippen molar-refractivity contribution >= 4 is 38.7 Å². The number of rotatable bonds is 4. The topological polar surface area (TPSA) is 70.8 Å². The van der Waals surface area contributed by atoms with E-state index in [1.807, 2.05) is 6.07 Å². The Kier molecular flexibility index (Phi) is 4.87. The summed E-state index contributed by atoms with van der Waals surface area (Å²) in [5.74, 6) is -0.547. The number of sulfonamides is 1. The Morgan fingerprint density at radius 2 is 1.84 bits per heavy atom. The molecule has 162 valence electrons. The Hall–Kier alpha value is -3.43. The molecule has 0 radical (unpaired) electrons. The van der Waals surface area contributed by atoms with E-state index in [2.05, 4.69) is 10.1 Å². The van der Waals surface area contributed by atoms with Crippen molar-refractivity contribution in [1.29, 1.82) is 0 Å². The minimum Gasteiger partial charge on any atom is -0.320 e. The molecule has 5 rings (SSSR count). The summed E-state index contributed by atoms with van der Waals surface area (Å²) in [5, 5.41) is 4.13. The van der Waals surface area contributed by atoms with Gasteiger partial charge in [-0.3, -0.25) is 0 Å². The lowest BCUT2D eigenvalue weighted by Gasteiger charge is -2.24. The molecule has 0 atom stereocenters. The van der Waals surface area contributed by atoms with Crippen LogP contribution in [0.25, 0.3) is 11.3 Å². The summed E-state index contributed by atoms with van der Waals surface area (Å²) in [6.45, 7) is 1.75. The molecule has 2 aromatic heterocycles. The van der Waals surface area contributed by atoms with Crippen LogP contribution >= 0.6 is 11.6 Å². The number of hydrogen-bond donors (Lipinski definition) is 0. The third kappa shape index (κ3) is 3.30. The maximum atomic E-state index is 13.8. The molecular weight excluding hydrogens is 453 g/mol. The number of allylic oxidation sites excluding steroid dienone is 1. The summed E-state index contributed by atoms with van der Waals surface area (Å²) in [4.78, 5) is 6.13. The number of aromatic nitrogens is 3. The van der Waals surface area contributed by atoms with E-state index in [4.69, 9.17) is 11.6 Å². The second-order valence-electron chi connectivity index (χ2n) is 7.25. The molecule has 0 saturated carbocycles. The quantitative estimate of drug-likeness (QED) is 0.443. The Labute approximate surface area is 189 Å². The molecule has 3 heterocycles. The Balaban J connectivity index is 1.68. The number of pyridine rings is 1. The van der Waals surface area contributed by atoms with Crippen molar-refractivity contribution in [2.45, 2.75) is 11.8 Å². The molecular formula is C22H17ClFN5O2S. The molecule has 1 aliphatic heterocycles. The lowest BCUT2D eigenvalue weighted by Crippen LogP contribution is -2.32. The standard InChI is InChI=1S/C22H17ClFN5O2S/c1-15-22(16-7-10-21-25-13-26-28(21)12-16)27(17-8-9-20(24)19(23)11-17)14-29(15)32(30,31)18-5-3-2-4-6-18/h2-13H,14H2,1H3. The van der Waals surface area contributed by atoms with Gasteiger partial charge in [0.25, 0.3) is 10.0 Å². The first-order valence-electron chi connectivity index (χ1n) is 9.67. The van der Waals surface area contributed by atoms with E-state index < -0.39 is 15.8 Å². The van der Waals surface area contributed by atoms with Gasteiger partial charge in [0.2, 0.25) is 0 Å². The molecule has 0 fully saturated rings. The number of fused-ring (bicyclic) bond motifs is 1. The fourth-order valence-electron chi connectivity index (χ4n) is 3.78. The Morgan fingerprint density at radius 3 is 2.59 bits per heavy atom. The zero-order valence-corrected chi connectivity index (χ0v) is 18.4. The third-order valence-corrected chi connectivity index (χ3v) is 7.48. The molecule has 2 aromatic carbocycles. The molecule has 1 aliphatic rings. The monoisotopic (exact) mass is 469 g/mol. The predicted octanol–water partition coefficient (Wildman–Crippen LogP) is 4.38. The van der Waals surface area contributed by atoms with Crippen molar-refractivity contribution in [3.8, 4) is 0 Å². The average molecular weight is 470 g/mol. The number of halogens is 2. The largest absolute Gasteiger partial charge is 0.320 e. The summed E-state index contributed by atoms with van der Waals surface area (Å²) < 4.78 is 43.7. The first-order chi connectivity index (χ1) is 15.4. The Bertz CT molecular complexity index is 1470. The van der Waals surface area contributed by atoms with Crippen molar-refractivity contribution in [3.05, 3.63) is 95.3 Å². The molecule has 0 saturated heterocycles.